The summed E-state index contributed by atoms with van der Waals surface area (Å²) in [5, 5.41) is 0.921. The van der Waals surface area contributed by atoms with Crippen molar-refractivity contribution in [2.24, 2.45) is 5.92 Å². The van der Waals surface area contributed by atoms with E-state index in [-0.39, 0.29) is 11.9 Å². The number of hydrogen-bond acceptors (Lipinski definition) is 4. The largest absolute Gasteiger partial charge is 0.469 e. The second kappa shape index (κ2) is 10.2. The highest BCUT2D eigenvalue weighted by Gasteiger charge is 2.28. The van der Waals surface area contributed by atoms with Gasteiger partial charge in [0.15, 0.2) is 0 Å². The van der Waals surface area contributed by atoms with Gasteiger partial charge in [-0.3, -0.25) is 4.79 Å². The van der Waals surface area contributed by atoms with E-state index in [9.17, 15) is 9.59 Å². The Labute approximate surface area is 193 Å². The molecule has 1 atom stereocenters. The maximum Gasteiger partial charge on any atom is 0.354 e. The molecule has 3 aromatic carbocycles. The van der Waals surface area contributed by atoms with E-state index in [1.807, 2.05) is 65.2 Å². The van der Waals surface area contributed by atoms with Crippen LogP contribution in [0.2, 0.25) is 0 Å². The predicted molar refractivity (Wildman–Crippen MR) is 128 cm³/mol. The van der Waals surface area contributed by atoms with Crippen LogP contribution in [0, 0.1) is 5.92 Å². The van der Waals surface area contributed by atoms with Gasteiger partial charge in [0.2, 0.25) is 0 Å². The van der Waals surface area contributed by atoms with E-state index in [1.54, 1.807) is 6.07 Å². The smallest absolute Gasteiger partial charge is 0.354 e. The zero-order valence-corrected chi connectivity index (χ0v) is 18.8. The molecule has 0 aliphatic heterocycles. The lowest BCUT2D eigenvalue weighted by Crippen LogP contribution is -2.26. The lowest BCUT2D eigenvalue weighted by atomic mass is 9.83. The van der Waals surface area contributed by atoms with Gasteiger partial charge in [0.25, 0.3) is 0 Å². The number of para-hydroxylation sites is 1. The summed E-state index contributed by atoms with van der Waals surface area (Å²) < 4.78 is 12.1. The summed E-state index contributed by atoms with van der Waals surface area (Å²) in [4.78, 5) is 25.5. The number of carbonyl (C=O) groups excluding carboxylic acids is 2. The van der Waals surface area contributed by atoms with Gasteiger partial charge >= 0.3 is 11.9 Å². The van der Waals surface area contributed by atoms with E-state index in [0.717, 1.165) is 22.0 Å². The minimum absolute atomic E-state index is 0.0000897. The van der Waals surface area contributed by atoms with E-state index in [1.165, 1.54) is 14.2 Å². The monoisotopic (exact) mass is 441 g/mol. The van der Waals surface area contributed by atoms with Gasteiger partial charge in [0, 0.05) is 23.4 Å². The summed E-state index contributed by atoms with van der Waals surface area (Å²) in [5.41, 5.74) is 3.55. The Kier molecular flexibility index (Phi) is 6.89. The second-order valence-electron chi connectivity index (χ2n) is 8.02. The molecule has 4 rings (SSSR count). The minimum atomic E-state index is -0.473. The Balaban J connectivity index is 1.75. The molecule has 0 amide bonds. The van der Waals surface area contributed by atoms with E-state index < -0.39 is 11.9 Å². The van der Waals surface area contributed by atoms with Gasteiger partial charge in [0.05, 0.1) is 20.1 Å². The zero-order chi connectivity index (χ0) is 23.2. The number of methoxy groups -OCH3 is 2. The maximum atomic E-state index is 13.0. The van der Waals surface area contributed by atoms with Gasteiger partial charge in [0.1, 0.15) is 5.69 Å². The molecule has 33 heavy (non-hydrogen) atoms. The molecular weight excluding hydrogens is 414 g/mol. The van der Waals surface area contributed by atoms with E-state index >= 15 is 0 Å². The summed E-state index contributed by atoms with van der Waals surface area (Å²) in [6.07, 6.45) is 0.536. The van der Waals surface area contributed by atoms with Crippen LogP contribution in [-0.2, 0) is 20.8 Å². The van der Waals surface area contributed by atoms with Crippen molar-refractivity contribution < 1.29 is 19.1 Å². The topological polar surface area (TPSA) is 57.5 Å². The fourth-order valence-corrected chi connectivity index (χ4v) is 4.43. The summed E-state index contributed by atoms with van der Waals surface area (Å²) in [7, 11) is 2.77. The number of rotatable bonds is 8. The highest BCUT2D eigenvalue weighted by atomic mass is 16.5. The average molecular weight is 442 g/mol. The molecule has 1 aromatic heterocycles. The van der Waals surface area contributed by atoms with Crippen LogP contribution in [0.1, 0.15) is 34.0 Å². The third kappa shape index (κ3) is 4.82. The van der Waals surface area contributed by atoms with Crippen LogP contribution in [0.15, 0.2) is 91.0 Å². The molecule has 0 saturated carbocycles. The van der Waals surface area contributed by atoms with Crippen molar-refractivity contribution in [3.8, 4) is 0 Å². The first kappa shape index (κ1) is 22.3. The van der Waals surface area contributed by atoms with Gasteiger partial charge < -0.3 is 14.0 Å². The number of hydrogen-bond donors (Lipinski definition) is 0. The van der Waals surface area contributed by atoms with Gasteiger partial charge in [-0.1, -0.05) is 78.9 Å². The number of carbonyl (C=O) groups is 2. The molecule has 168 valence electrons. The van der Waals surface area contributed by atoms with Crippen LogP contribution in [0.5, 0.6) is 0 Å². The molecular formula is C28H27NO4. The Bertz CT molecular complexity index is 1190. The standard InChI is InChI=1S/C28H27NO4/c1-32-27(30)23(17-24(20-11-5-3-6-12-20)21-13-7-4-8-14-21)19-29-25-16-10-9-15-22(25)18-26(29)28(31)33-2/h3-16,18,23-24H,17,19H2,1-2H3. The maximum absolute atomic E-state index is 13.0. The Morgan fingerprint density at radius 2 is 1.36 bits per heavy atom. The third-order valence-corrected chi connectivity index (χ3v) is 6.07. The molecule has 5 nitrogen and oxygen atoms in total. The van der Waals surface area contributed by atoms with Crippen molar-refractivity contribution in [3.05, 3.63) is 108 Å². The van der Waals surface area contributed by atoms with Crippen molar-refractivity contribution in [2.45, 2.75) is 18.9 Å². The van der Waals surface area contributed by atoms with Crippen molar-refractivity contribution in [3.63, 3.8) is 0 Å². The predicted octanol–water partition coefficient (Wildman–Crippen LogP) is 5.44. The zero-order valence-electron chi connectivity index (χ0n) is 18.8. The number of esters is 2. The molecule has 4 aromatic rings. The van der Waals surface area contributed by atoms with Crippen LogP contribution < -0.4 is 0 Å². The fourth-order valence-electron chi connectivity index (χ4n) is 4.43. The SMILES string of the molecule is COC(=O)c1cc2ccccc2n1CC(CC(c1ccccc1)c1ccccc1)C(=O)OC. The quantitative estimate of drug-likeness (QED) is 0.342. The van der Waals surface area contributed by atoms with Crippen LogP contribution >= 0.6 is 0 Å². The molecule has 1 heterocycles. The number of aromatic nitrogens is 1. The normalized spacial score (nSPS) is 12.0. The summed E-state index contributed by atoms with van der Waals surface area (Å²) in [6, 6.07) is 29.9. The molecule has 0 spiro atoms. The number of ether oxygens (including phenoxy) is 2. The number of nitrogens with zero attached hydrogens (tertiary/aromatic N) is 1. The summed E-state index contributed by atoms with van der Waals surface area (Å²) >= 11 is 0. The average Bonchev–Trinajstić information content (AvgIpc) is 3.24. The highest BCUT2D eigenvalue weighted by molar-refractivity contribution is 5.95. The van der Waals surface area contributed by atoms with Crippen LogP contribution in [0.3, 0.4) is 0 Å². The van der Waals surface area contributed by atoms with Crippen LogP contribution in [0.25, 0.3) is 10.9 Å². The van der Waals surface area contributed by atoms with Crippen LogP contribution in [0.4, 0.5) is 0 Å². The molecule has 5 heteroatoms. The first-order valence-electron chi connectivity index (χ1n) is 11.0. The number of fused-ring (bicyclic) bond motifs is 1. The van der Waals surface area contributed by atoms with Crippen molar-refractivity contribution in [1.29, 1.82) is 0 Å². The molecule has 0 radical (unpaired) electrons. The van der Waals surface area contributed by atoms with Crippen molar-refractivity contribution >= 4 is 22.8 Å². The van der Waals surface area contributed by atoms with E-state index in [0.29, 0.717) is 18.7 Å². The minimum Gasteiger partial charge on any atom is -0.469 e. The molecule has 0 aliphatic carbocycles. The molecule has 0 fully saturated rings. The fraction of sp³-hybridized carbons (Fsp3) is 0.214. The Morgan fingerprint density at radius 1 is 0.788 bits per heavy atom. The van der Waals surface area contributed by atoms with Crippen molar-refractivity contribution in [1.82, 2.24) is 4.57 Å². The van der Waals surface area contributed by atoms with E-state index in [4.69, 9.17) is 9.47 Å². The lowest BCUT2D eigenvalue weighted by molar-refractivity contribution is -0.146. The Hall–Kier alpha value is -3.86. The highest BCUT2D eigenvalue weighted by Crippen LogP contribution is 2.33. The lowest BCUT2D eigenvalue weighted by Gasteiger charge is -2.24. The molecule has 1 unspecified atom stereocenters. The first-order valence-corrected chi connectivity index (χ1v) is 11.0. The summed E-state index contributed by atoms with van der Waals surface area (Å²) in [6.45, 7) is 0.306. The Morgan fingerprint density at radius 3 is 1.94 bits per heavy atom. The first-order chi connectivity index (χ1) is 16.1. The van der Waals surface area contributed by atoms with Gasteiger partial charge in [-0.2, -0.15) is 0 Å². The molecule has 0 N–H and O–H groups in total. The van der Waals surface area contributed by atoms with Gasteiger partial charge in [-0.15, -0.1) is 0 Å². The third-order valence-electron chi connectivity index (χ3n) is 6.07. The molecule has 0 saturated heterocycles. The number of benzene rings is 3. The van der Waals surface area contributed by atoms with Crippen LogP contribution in [-0.4, -0.2) is 30.7 Å². The van der Waals surface area contributed by atoms with E-state index in [2.05, 4.69) is 24.3 Å². The van der Waals surface area contributed by atoms with Gasteiger partial charge in [-0.05, 0) is 29.7 Å². The van der Waals surface area contributed by atoms with Gasteiger partial charge in [-0.25, -0.2) is 4.79 Å². The second-order valence-corrected chi connectivity index (χ2v) is 8.02. The van der Waals surface area contributed by atoms with Crippen molar-refractivity contribution in [2.75, 3.05) is 14.2 Å². The molecule has 0 aliphatic rings. The molecule has 0 bridgehead atoms. The summed E-state index contributed by atoms with van der Waals surface area (Å²) in [5.74, 6) is -1.21.